The van der Waals surface area contributed by atoms with Gasteiger partial charge in [0.25, 0.3) is 5.56 Å². The summed E-state index contributed by atoms with van der Waals surface area (Å²) in [6.45, 7) is -1.13. The van der Waals surface area contributed by atoms with Crippen molar-refractivity contribution in [3.05, 3.63) is 87.2 Å². The first-order chi connectivity index (χ1) is 16.1. The fraction of sp³-hybridized carbons (Fsp3) is 0.136. The van der Waals surface area contributed by atoms with E-state index in [2.05, 4.69) is 10.4 Å². The molecular formula is C22H15ClF4N4O3. The highest BCUT2D eigenvalue weighted by Gasteiger charge is 2.31. The van der Waals surface area contributed by atoms with Crippen LogP contribution in [-0.2, 0) is 24.1 Å². The summed E-state index contributed by atoms with van der Waals surface area (Å²) >= 11 is 5.90. The average Bonchev–Trinajstić information content (AvgIpc) is 3.16. The number of carbonyl (C=O) groups excluding carboxylic acids is 1. The lowest BCUT2D eigenvalue weighted by Crippen LogP contribution is -2.28. The van der Waals surface area contributed by atoms with Crippen molar-refractivity contribution in [1.82, 2.24) is 14.2 Å². The Hall–Kier alpha value is -3.70. The zero-order valence-corrected chi connectivity index (χ0v) is 17.9. The molecule has 0 bridgehead atoms. The average molecular weight is 495 g/mol. The SMILES string of the molecule is O=C(Cn1ccn2nc(-c3cccc(F)c3)c(CO)c2c1=O)Nc1cc(C(F)(F)F)ccc1Cl. The molecule has 4 rings (SSSR count). The number of rotatable bonds is 5. The Morgan fingerprint density at radius 3 is 2.59 bits per heavy atom. The number of hydrogen-bond donors (Lipinski definition) is 2. The lowest BCUT2D eigenvalue weighted by molar-refractivity contribution is -0.137. The summed E-state index contributed by atoms with van der Waals surface area (Å²) in [5.74, 6) is -1.33. The number of aliphatic hydroxyl groups excluding tert-OH is 1. The van der Waals surface area contributed by atoms with E-state index >= 15 is 0 Å². The molecule has 0 atom stereocenters. The lowest BCUT2D eigenvalue weighted by atomic mass is 10.1. The number of nitrogens with one attached hydrogen (secondary N) is 1. The number of halogens is 5. The van der Waals surface area contributed by atoms with E-state index in [1.165, 1.54) is 35.1 Å². The maximum Gasteiger partial charge on any atom is 0.416 e. The van der Waals surface area contributed by atoms with Gasteiger partial charge in [0.15, 0.2) is 0 Å². The molecule has 12 heteroatoms. The standard InChI is InChI=1S/C22H15ClF4N4O3/c23-16-5-4-13(22(25,26)27)9-17(16)28-18(33)10-30-6-7-31-20(21(30)34)15(11-32)19(29-31)12-2-1-3-14(24)8-12/h1-9,32H,10-11H2,(H,28,33). The molecular weight excluding hydrogens is 480 g/mol. The van der Waals surface area contributed by atoms with Crippen LogP contribution in [-0.4, -0.2) is 25.2 Å². The van der Waals surface area contributed by atoms with Crippen molar-refractivity contribution < 1.29 is 27.5 Å². The molecule has 4 aromatic rings. The van der Waals surface area contributed by atoms with Gasteiger partial charge in [0, 0.05) is 23.5 Å². The molecule has 0 unspecified atom stereocenters. The Bertz CT molecular complexity index is 1460. The van der Waals surface area contributed by atoms with Gasteiger partial charge in [-0.05, 0) is 30.3 Å². The van der Waals surface area contributed by atoms with Crippen molar-refractivity contribution in [2.24, 2.45) is 0 Å². The second kappa shape index (κ2) is 8.92. The zero-order valence-electron chi connectivity index (χ0n) is 17.1. The molecule has 0 aliphatic heterocycles. The molecule has 0 aliphatic rings. The van der Waals surface area contributed by atoms with Crippen LogP contribution in [0.1, 0.15) is 11.1 Å². The maximum absolute atomic E-state index is 13.6. The quantitative estimate of drug-likeness (QED) is 0.409. The highest BCUT2D eigenvalue weighted by atomic mass is 35.5. The third-order valence-electron chi connectivity index (χ3n) is 5.00. The van der Waals surface area contributed by atoms with Gasteiger partial charge in [0.2, 0.25) is 5.91 Å². The molecule has 0 saturated carbocycles. The Balaban J connectivity index is 1.67. The number of benzene rings is 2. The largest absolute Gasteiger partial charge is 0.416 e. The summed E-state index contributed by atoms with van der Waals surface area (Å²) in [5, 5.41) is 16.3. The Morgan fingerprint density at radius 2 is 1.91 bits per heavy atom. The van der Waals surface area contributed by atoms with Crippen molar-refractivity contribution in [2.75, 3.05) is 5.32 Å². The second-order valence-electron chi connectivity index (χ2n) is 7.26. The summed E-state index contributed by atoms with van der Waals surface area (Å²) < 4.78 is 54.7. The van der Waals surface area contributed by atoms with E-state index in [0.717, 1.165) is 16.7 Å². The summed E-state index contributed by atoms with van der Waals surface area (Å²) in [5.41, 5.74) is -1.31. The van der Waals surface area contributed by atoms with Crippen molar-refractivity contribution in [3.8, 4) is 11.3 Å². The number of nitrogens with zero attached hydrogens (tertiary/aromatic N) is 3. The summed E-state index contributed by atoms with van der Waals surface area (Å²) in [7, 11) is 0. The third kappa shape index (κ3) is 4.52. The van der Waals surface area contributed by atoms with Crippen molar-refractivity contribution in [2.45, 2.75) is 19.3 Å². The molecule has 0 radical (unpaired) electrons. The minimum atomic E-state index is -4.63. The Labute approximate surface area is 193 Å². The van der Waals surface area contributed by atoms with Gasteiger partial charge < -0.3 is 15.0 Å². The van der Waals surface area contributed by atoms with E-state index in [0.29, 0.717) is 11.6 Å². The highest BCUT2D eigenvalue weighted by molar-refractivity contribution is 6.33. The zero-order chi connectivity index (χ0) is 24.6. The fourth-order valence-electron chi connectivity index (χ4n) is 3.43. The maximum atomic E-state index is 13.6. The van der Waals surface area contributed by atoms with Crippen LogP contribution in [0.2, 0.25) is 5.02 Å². The fourth-order valence-corrected chi connectivity index (χ4v) is 3.60. The number of alkyl halides is 3. The van der Waals surface area contributed by atoms with E-state index in [-0.39, 0.29) is 27.5 Å². The molecule has 7 nitrogen and oxygen atoms in total. The van der Waals surface area contributed by atoms with Crippen LogP contribution in [0, 0.1) is 5.82 Å². The Morgan fingerprint density at radius 1 is 1.15 bits per heavy atom. The molecule has 2 aromatic heterocycles. The molecule has 0 fully saturated rings. The first-order valence-electron chi connectivity index (χ1n) is 9.72. The number of anilines is 1. The van der Waals surface area contributed by atoms with Gasteiger partial charge in [0.05, 0.1) is 28.6 Å². The smallest absolute Gasteiger partial charge is 0.392 e. The minimum absolute atomic E-state index is 0.0332. The summed E-state index contributed by atoms with van der Waals surface area (Å²) in [4.78, 5) is 25.5. The predicted molar refractivity (Wildman–Crippen MR) is 116 cm³/mol. The third-order valence-corrected chi connectivity index (χ3v) is 5.33. The van der Waals surface area contributed by atoms with Gasteiger partial charge in [-0.25, -0.2) is 8.91 Å². The molecule has 2 N–H and O–H groups in total. The predicted octanol–water partition coefficient (Wildman–Crippen LogP) is 4.11. The van der Waals surface area contributed by atoms with Gasteiger partial charge in [-0.15, -0.1) is 0 Å². The summed E-state index contributed by atoms with van der Waals surface area (Å²) in [6.07, 6.45) is -2.01. The highest BCUT2D eigenvalue weighted by Crippen LogP contribution is 2.33. The van der Waals surface area contributed by atoms with Crippen LogP contribution < -0.4 is 10.9 Å². The molecule has 0 saturated heterocycles. The van der Waals surface area contributed by atoms with Gasteiger partial charge in [0.1, 0.15) is 17.9 Å². The van der Waals surface area contributed by atoms with Crippen molar-refractivity contribution >= 4 is 28.7 Å². The number of fused-ring (bicyclic) bond motifs is 1. The van der Waals surface area contributed by atoms with Gasteiger partial charge in [-0.3, -0.25) is 9.59 Å². The van der Waals surface area contributed by atoms with Gasteiger partial charge in [-0.1, -0.05) is 23.7 Å². The molecule has 176 valence electrons. The van der Waals surface area contributed by atoms with Crippen LogP contribution >= 0.6 is 11.6 Å². The van der Waals surface area contributed by atoms with Crippen molar-refractivity contribution in [1.29, 1.82) is 0 Å². The topological polar surface area (TPSA) is 88.6 Å². The number of aromatic nitrogens is 3. The monoisotopic (exact) mass is 494 g/mol. The Kier molecular flexibility index (Phi) is 6.15. The molecule has 34 heavy (non-hydrogen) atoms. The van der Waals surface area contributed by atoms with Crippen LogP contribution in [0.15, 0.2) is 59.7 Å². The molecule has 2 aromatic carbocycles. The first kappa shape index (κ1) is 23.5. The lowest BCUT2D eigenvalue weighted by Gasteiger charge is -2.12. The van der Waals surface area contributed by atoms with E-state index < -0.39 is 42.2 Å². The molecule has 0 aliphatic carbocycles. The van der Waals surface area contributed by atoms with Crippen molar-refractivity contribution in [3.63, 3.8) is 0 Å². The van der Waals surface area contributed by atoms with Crippen LogP contribution in [0.25, 0.3) is 16.8 Å². The number of amides is 1. The van der Waals surface area contributed by atoms with E-state index in [9.17, 15) is 32.3 Å². The normalized spacial score (nSPS) is 11.7. The number of aliphatic hydroxyl groups is 1. The second-order valence-corrected chi connectivity index (χ2v) is 7.67. The van der Waals surface area contributed by atoms with E-state index in [4.69, 9.17) is 11.6 Å². The summed E-state index contributed by atoms with van der Waals surface area (Å²) in [6, 6.07) is 7.94. The number of hydrogen-bond acceptors (Lipinski definition) is 4. The van der Waals surface area contributed by atoms with Gasteiger partial charge in [-0.2, -0.15) is 18.3 Å². The van der Waals surface area contributed by atoms with Gasteiger partial charge >= 0.3 is 6.18 Å². The molecule has 2 heterocycles. The van der Waals surface area contributed by atoms with Crippen LogP contribution in [0.3, 0.4) is 0 Å². The van der Waals surface area contributed by atoms with Crippen LogP contribution in [0.4, 0.5) is 23.2 Å². The first-order valence-corrected chi connectivity index (χ1v) is 10.1. The van der Waals surface area contributed by atoms with Crippen LogP contribution in [0.5, 0.6) is 0 Å². The van der Waals surface area contributed by atoms with E-state index in [1.807, 2.05) is 0 Å². The number of carbonyl (C=O) groups is 1. The van der Waals surface area contributed by atoms with E-state index in [1.54, 1.807) is 6.07 Å². The molecule has 0 spiro atoms. The minimum Gasteiger partial charge on any atom is -0.392 e. The molecule has 1 amide bonds.